The quantitative estimate of drug-likeness (QED) is 0.181. The molecule has 0 atom stereocenters. The highest BCUT2D eigenvalue weighted by Crippen LogP contribution is 1.25. The predicted molar refractivity (Wildman–Crippen MR) is 21.7 cm³/mol. The maximum absolute atomic E-state index is 7.19. The lowest BCUT2D eigenvalue weighted by molar-refractivity contribution is 0.0110. The van der Waals surface area contributed by atoms with Crippen molar-refractivity contribution in [2.45, 2.75) is 0 Å². The van der Waals surface area contributed by atoms with Gasteiger partial charge in [-0.15, -0.1) is 0 Å². The Bertz CT molecular complexity index is 72.0. The van der Waals surface area contributed by atoms with Crippen LogP contribution in [0, 0.1) is 5.39 Å². The fourth-order valence-electron chi connectivity index (χ4n) is 0. The molecule has 0 N–H and O–H groups in total. The van der Waals surface area contributed by atoms with Crippen LogP contribution >= 0.6 is 0 Å². The molecule has 0 radical (unpaired) electrons. The van der Waals surface area contributed by atoms with Gasteiger partial charge in [-0.05, 0) is 0 Å². The first-order valence-corrected chi connectivity index (χ1v) is 1.16. The van der Waals surface area contributed by atoms with E-state index in [1.165, 1.54) is 7.05 Å². The van der Waals surface area contributed by atoms with Crippen LogP contribution in [0.2, 0.25) is 0 Å². The van der Waals surface area contributed by atoms with Gasteiger partial charge in [0.25, 0.3) is 7.05 Å². The summed E-state index contributed by atoms with van der Waals surface area (Å²) in [6, 6.07) is 0. The molecule has 0 saturated heterocycles. The summed E-state index contributed by atoms with van der Waals surface area (Å²) >= 11 is 0. The molecule has 0 bridgehead atoms. The predicted octanol–water partition coefficient (Wildman–Crippen LogP) is 0.386. The lowest BCUT2D eigenvalue weighted by Crippen LogP contribution is -1.21. The Kier molecular flexibility index (Phi) is 68.6. The van der Waals surface area contributed by atoms with Crippen LogP contribution in [0.25, 0.3) is 10.5 Å². The first-order chi connectivity index (χ1) is 2.83. The van der Waals surface area contributed by atoms with E-state index in [1.54, 1.807) is 0 Å². The Labute approximate surface area is 35.7 Å². The summed E-state index contributed by atoms with van der Waals surface area (Å²) in [7, 11) is 1.31. The van der Waals surface area contributed by atoms with Crippen LogP contribution in [-0.2, 0) is 0 Å². The van der Waals surface area contributed by atoms with Crippen LogP contribution in [0.15, 0.2) is 0 Å². The highest BCUT2D eigenvalue weighted by Gasteiger charge is 1.35. The van der Waals surface area contributed by atoms with Gasteiger partial charge in [-0.3, -0.25) is 0 Å². The van der Waals surface area contributed by atoms with Crippen LogP contribution in [0.1, 0.15) is 0 Å². The molecule has 0 aliphatic heterocycles. The molecule has 6 heavy (non-hydrogen) atoms. The number of diazo groups is 1. The van der Waals surface area contributed by atoms with E-state index < -0.39 is 0 Å². The number of hydrogen-bond acceptors (Lipinski definition) is 1. The highest BCUT2D eigenvalue weighted by molar-refractivity contribution is 5.12. The van der Waals surface area contributed by atoms with Gasteiger partial charge in [0.2, 0.25) is 12.1 Å². The monoisotopic (exact) mass is 85.1 g/mol. The fraction of sp³-hybridized carbons (Fsp3) is 0.500. The zero-order valence-electron chi connectivity index (χ0n) is 3.50. The van der Waals surface area contributed by atoms with Crippen LogP contribution < -0.4 is 0 Å². The minimum absolute atomic E-state index is 1.31. The van der Waals surface area contributed by atoms with Crippen molar-refractivity contribution in [1.82, 2.24) is 0 Å². The van der Waals surface area contributed by atoms with Crippen molar-refractivity contribution >= 4 is 6.72 Å². The third-order valence-corrected chi connectivity index (χ3v) is 0. The average molecular weight is 85.1 g/mol. The van der Waals surface area contributed by atoms with Crippen LogP contribution in [0.3, 0.4) is 0 Å². The molecule has 32 valence electrons. The van der Waals surface area contributed by atoms with Crippen molar-refractivity contribution in [2.75, 3.05) is 7.05 Å². The van der Waals surface area contributed by atoms with Gasteiger partial charge in [0.1, 0.15) is 4.98 Å². The Balaban J connectivity index is 0. The minimum Gasteiger partial charge on any atom is -0.362 e. The van der Waals surface area contributed by atoms with Gasteiger partial charge in [-0.2, -0.15) is 4.79 Å². The third kappa shape index (κ3) is 6.30. The second-order valence-corrected chi connectivity index (χ2v) is 0.341. The Morgan fingerprint density at radius 1 is 1.83 bits per heavy atom. The Hall–Kier alpha value is -1.20. The number of hydrogen-bond donors (Lipinski definition) is 0. The summed E-state index contributed by atoms with van der Waals surface area (Å²) in [5.41, 5.74) is 7.08. The minimum atomic E-state index is 1.31. The summed E-state index contributed by atoms with van der Waals surface area (Å²) in [6.45, 7) is 2.67. The molecule has 0 aromatic rings. The molecule has 0 heterocycles. The maximum Gasteiger partial charge on any atom is 0.296 e. The first kappa shape index (κ1) is 8.84. The van der Waals surface area contributed by atoms with E-state index in [4.69, 9.17) is 10.9 Å². The van der Waals surface area contributed by atoms with Gasteiger partial charge in [-0.1, -0.05) is 0 Å². The number of rotatable bonds is 0. The molecule has 0 aliphatic rings. The van der Waals surface area contributed by atoms with Gasteiger partial charge >= 0.3 is 0 Å². The third-order valence-electron chi connectivity index (χ3n) is 0. The van der Waals surface area contributed by atoms with Crippen molar-refractivity contribution in [3.63, 3.8) is 0 Å². The molecule has 0 saturated carbocycles. The van der Waals surface area contributed by atoms with Crippen molar-refractivity contribution in [2.24, 2.45) is 0 Å². The van der Waals surface area contributed by atoms with Gasteiger partial charge in [0, 0.05) is 0 Å². The summed E-state index contributed by atoms with van der Waals surface area (Å²) in [6.07, 6.45) is 0. The zero-order chi connectivity index (χ0) is 5.41. The van der Waals surface area contributed by atoms with Gasteiger partial charge < -0.3 is 5.53 Å². The van der Waals surface area contributed by atoms with Crippen LogP contribution in [-0.4, -0.2) is 18.6 Å². The summed E-state index contributed by atoms with van der Waals surface area (Å²) in [5.74, 6) is 0. The van der Waals surface area contributed by atoms with E-state index in [9.17, 15) is 0 Å². The highest BCUT2D eigenvalue weighted by atomic mass is 14.8. The van der Waals surface area contributed by atoms with Crippen LogP contribution in [0.4, 0.5) is 0 Å². The topological polar surface area (TPSA) is 64.6 Å². The largest absolute Gasteiger partial charge is 0.362 e. The molecule has 0 amide bonds. The molecule has 0 rings (SSSR count). The average Bonchev–Trinajstić information content (AvgIpc) is 1.39. The molecule has 4 heteroatoms. The number of nitrogens with zero attached hydrogens (tertiary/aromatic N) is 4. The van der Waals surface area contributed by atoms with E-state index in [1.807, 2.05) is 0 Å². The molecule has 0 aromatic heterocycles. The second-order valence-electron chi connectivity index (χ2n) is 0.341. The Morgan fingerprint density at radius 2 is 1.83 bits per heavy atom. The molecule has 0 fully saturated rings. The standard InChI is InChI=1S/CH3N2.CH2N2/c2*1-3-2/h1H3;1H2/q+1;. The summed E-state index contributed by atoms with van der Waals surface area (Å²) in [4.78, 5) is 4.75. The normalized spacial score (nSPS) is 2.67. The van der Waals surface area contributed by atoms with Crippen molar-refractivity contribution in [1.29, 1.82) is 5.39 Å². The van der Waals surface area contributed by atoms with Gasteiger partial charge in [0.05, 0.1) is 0 Å². The maximum atomic E-state index is 7.19. The molecule has 0 unspecified atom stereocenters. The second kappa shape index (κ2) is 46.5. The SMILES string of the molecule is C=[N+]=[N-].C[N+]#N. The molecular weight excluding hydrogens is 80.1 g/mol. The molecule has 0 aliphatic carbocycles. The molecule has 4 nitrogen and oxygen atoms in total. The first-order valence-electron chi connectivity index (χ1n) is 1.16. The smallest absolute Gasteiger partial charge is 0.296 e. The van der Waals surface area contributed by atoms with Crippen LogP contribution in [0.5, 0.6) is 0 Å². The zero-order valence-corrected chi connectivity index (χ0v) is 3.50. The van der Waals surface area contributed by atoms with E-state index in [0.29, 0.717) is 0 Å². The molecular formula is C2H5N4+. The van der Waals surface area contributed by atoms with E-state index in [2.05, 4.69) is 16.5 Å². The van der Waals surface area contributed by atoms with Gasteiger partial charge in [-0.25, -0.2) is 0 Å². The van der Waals surface area contributed by atoms with E-state index in [0.717, 1.165) is 0 Å². The lowest BCUT2D eigenvalue weighted by Gasteiger charge is -1.16. The fourth-order valence-corrected chi connectivity index (χ4v) is 0. The molecule has 0 spiro atoms. The van der Waals surface area contributed by atoms with Crippen molar-refractivity contribution < 1.29 is 4.79 Å². The van der Waals surface area contributed by atoms with E-state index in [-0.39, 0.29) is 0 Å². The van der Waals surface area contributed by atoms with Crippen molar-refractivity contribution in [3.05, 3.63) is 10.5 Å². The van der Waals surface area contributed by atoms with E-state index >= 15 is 0 Å². The van der Waals surface area contributed by atoms with Gasteiger partial charge in [0.15, 0.2) is 0 Å². The Morgan fingerprint density at radius 3 is 1.83 bits per heavy atom. The summed E-state index contributed by atoms with van der Waals surface area (Å²) in [5, 5.41) is 7.19. The van der Waals surface area contributed by atoms with Crippen molar-refractivity contribution in [3.8, 4) is 0 Å². The molecule has 0 aromatic carbocycles. The lowest BCUT2D eigenvalue weighted by atomic mass is 11.6. The summed E-state index contributed by atoms with van der Waals surface area (Å²) < 4.78 is 0.